The van der Waals surface area contributed by atoms with Gasteiger partial charge in [0, 0.05) is 11.3 Å². The van der Waals surface area contributed by atoms with Crippen molar-refractivity contribution in [3.63, 3.8) is 0 Å². The zero-order valence-corrected chi connectivity index (χ0v) is 15.9. The van der Waals surface area contributed by atoms with Crippen LogP contribution in [-0.2, 0) is 23.0 Å². The van der Waals surface area contributed by atoms with Crippen molar-refractivity contribution in [1.29, 1.82) is 0 Å². The van der Waals surface area contributed by atoms with Gasteiger partial charge in [0.25, 0.3) is 5.91 Å². The van der Waals surface area contributed by atoms with Crippen LogP contribution in [-0.4, -0.2) is 19.0 Å². The van der Waals surface area contributed by atoms with Gasteiger partial charge < -0.3 is 10.1 Å². The highest BCUT2D eigenvalue weighted by Gasteiger charge is 2.36. The van der Waals surface area contributed by atoms with E-state index in [4.69, 9.17) is 4.74 Å². The number of esters is 1. The second-order valence-electron chi connectivity index (χ2n) is 7.96. The molecule has 0 saturated heterocycles. The van der Waals surface area contributed by atoms with Crippen molar-refractivity contribution in [3.05, 3.63) is 64.2 Å². The van der Waals surface area contributed by atoms with Crippen molar-refractivity contribution in [3.8, 4) is 0 Å². The zero-order chi connectivity index (χ0) is 19.0. The Hall–Kier alpha value is -2.62. The van der Waals surface area contributed by atoms with E-state index in [1.54, 1.807) is 29.8 Å². The molecule has 2 aliphatic carbocycles. The average Bonchev–Trinajstić information content (AvgIpc) is 2.67. The molecule has 2 aliphatic rings. The second kappa shape index (κ2) is 6.84. The van der Waals surface area contributed by atoms with Crippen LogP contribution in [0, 0.1) is 0 Å². The first kappa shape index (κ1) is 17.8. The molecule has 1 N–H and O–H groups in total. The van der Waals surface area contributed by atoms with Crippen LogP contribution in [0.2, 0.25) is 0 Å². The van der Waals surface area contributed by atoms with Gasteiger partial charge in [-0.05, 0) is 97.0 Å². The lowest BCUT2D eigenvalue weighted by Gasteiger charge is -2.41. The normalized spacial score (nSPS) is 17.0. The molecule has 0 unspecified atom stereocenters. The number of aryl methyl sites for hydroxylation is 2. The van der Waals surface area contributed by atoms with Gasteiger partial charge in [-0.2, -0.15) is 0 Å². The first-order valence-electron chi connectivity index (χ1n) is 9.66. The highest BCUT2D eigenvalue weighted by molar-refractivity contribution is 6.05. The molecule has 2 aromatic rings. The molecule has 4 heteroatoms. The minimum atomic E-state index is -0.404. The van der Waals surface area contributed by atoms with Gasteiger partial charge in [-0.1, -0.05) is 6.92 Å². The summed E-state index contributed by atoms with van der Waals surface area (Å²) in [6.07, 6.45) is 7.16. The van der Waals surface area contributed by atoms with E-state index in [0.29, 0.717) is 16.5 Å². The van der Waals surface area contributed by atoms with E-state index in [1.807, 2.05) is 0 Å². The summed E-state index contributed by atoms with van der Waals surface area (Å²) in [5, 5.41) is 3.04. The lowest BCUT2D eigenvalue weighted by molar-refractivity contribution is 0.0600. The largest absolute Gasteiger partial charge is 0.465 e. The lowest BCUT2D eigenvalue weighted by Crippen LogP contribution is -2.32. The fourth-order valence-electron chi connectivity index (χ4n) is 4.80. The van der Waals surface area contributed by atoms with Crippen LogP contribution >= 0.6 is 0 Å². The predicted octanol–water partition coefficient (Wildman–Crippen LogP) is 4.66. The maximum absolute atomic E-state index is 12.6. The Labute approximate surface area is 159 Å². The van der Waals surface area contributed by atoms with E-state index in [-0.39, 0.29) is 5.91 Å². The molecule has 140 valence electrons. The molecule has 0 saturated carbocycles. The summed E-state index contributed by atoms with van der Waals surface area (Å²) in [7, 11) is 1.34. The predicted molar refractivity (Wildman–Crippen MR) is 105 cm³/mol. The highest BCUT2D eigenvalue weighted by atomic mass is 16.5. The standard InChI is InChI=1S/C23H25NO3/c1-23-11-3-5-17-13-19(14-18(20(17)23)6-4-12-23)24-21(25)15-7-9-16(10-8-15)22(26)27-2/h7-10,13-14H,3-6,11-12H2,1-2H3,(H,24,25). The molecule has 4 rings (SSSR count). The molecule has 0 radical (unpaired) electrons. The number of ether oxygens (including phenoxy) is 1. The van der Waals surface area contributed by atoms with Crippen LogP contribution in [0.25, 0.3) is 0 Å². The Kier molecular flexibility index (Phi) is 4.50. The van der Waals surface area contributed by atoms with Gasteiger partial charge in [0.2, 0.25) is 0 Å². The minimum Gasteiger partial charge on any atom is -0.465 e. The quantitative estimate of drug-likeness (QED) is 0.807. The van der Waals surface area contributed by atoms with Crippen molar-refractivity contribution < 1.29 is 14.3 Å². The maximum Gasteiger partial charge on any atom is 0.337 e. The molecule has 0 bridgehead atoms. The monoisotopic (exact) mass is 363 g/mol. The summed E-state index contributed by atoms with van der Waals surface area (Å²) in [4.78, 5) is 24.2. The first-order chi connectivity index (χ1) is 13.0. The van der Waals surface area contributed by atoms with E-state index in [9.17, 15) is 9.59 Å². The summed E-state index contributed by atoms with van der Waals surface area (Å²) in [5.41, 5.74) is 6.49. The molecule has 2 aromatic carbocycles. The molecule has 4 nitrogen and oxygen atoms in total. The molecular weight excluding hydrogens is 338 g/mol. The van der Waals surface area contributed by atoms with Gasteiger partial charge in [0.15, 0.2) is 0 Å². The Balaban J connectivity index is 1.58. The summed E-state index contributed by atoms with van der Waals surface area (Å²) in [6.45, 7) is 2.40. The van der Waals surface area contributed by atoms with Gasteiger partial charge in [0.1, 0.15) is 0 Å². The van der Waals surface area contributed by atoms with Gasteiger partial charge in [-0.3, -0.25) is 4.79 Å². The fraction of sp³-hybridized carbons (Fsp3) is 0.391. The number of amides is 1. The zero-order valence-electron chi connectivity index (χ0n) is 15.9. The molecule has 0 spiro atoms. The summed E-state index contributed by atoms with van der Waals surface area (Å²) < 4.78 is 4.69. The number of anilines is 1. The number of carbonyl (C=O) groups excluding carboxylic acids is 2. The van der Waals surface area contributed by atoms with Crippen molar-refractivity contribution in [2.24, 2.45) is 0 Å². The summed E-state index contributed by atoms with van der Waals surface area (Å²) >= 11 is 0. The molecular formula is C23H25NO3. The van der Waals surface area contributed by atoms with Gasteiger partial charge >= 0.3 is 5.97 Å². The third kappa shape index (κ3) is 3.25. The van der Waals surface area contributed by atoms with Crippen molar-refractivity contribution in [2.75, 3.05) is 12.4 Å². The maximum atomic E-state index is 12.6. The van der Waals surface area contributed by atoms with E-state index in [0.717, 1.165) is 18.5 Å². The molecule has 1 amide bonds. The Bertz CT molecular complexity index is 867. The van der Waals surface area contributed by atoms with Crippen molar-refractivity contribution >= 4 is 17.6 Å². The minimum absolute atomic E-state index is 0.159. The number of nitrogens with one attached hydrogen (secondary N) is 1. The van der Waals surface area contributed by atoms with Crippen LogP contribution < -0.4 is 5.32 Å². The summed E-state index contributed by atoms with van der Waals surface area (Å²) in [6, 6.07) is 10.8. The van der Waals surface area contributed by atoms with E-state index in [2.05, 4.69) is 24.4 Å². The van der Waals surface area contributed by atoms with Gasteiger partial charge in [-0.25, -0.2) is 4.79 Å². The van der Waals surface area contributed by atoms with Crippen LogP contribution in [0.1, 0.15) is 70.0 Å². The number of carbonyl (C=O) groups is 2. The number of benzene rings is 2. The van der Waals surface area contributed by atoms with Crippen LogP contribution in [0.15, 0.2) is 36.4 Å². The second-order valence-corrected chi connectivity index (χ2v) is 7.96. The Morgan fingerprint density at radius 2 is 1.52 bits per heavy atom. The first-order valence-corrected chi connectivity index (χ1v) is 9.66. The fourth-order valence-corrected chi connectivity index (χ4v) is 4.80. The molecule has 27 heavy (non-hydrogen) atoms. The van der Waals surface area contributed by atoms with Crippen LogP contribution in [0.5, 0.6) is 0 Å². The van der Waals surface area contributed by atoms with E-state index in [1.165, 1.54) is 43.9 Å². The highest BCUT2D eigenvalue weighted by Crippen LogP contribution is 2.46. The van der Waals surface area contributed by atoms with E-state index >= 15 is 0 Å². The molecule has 0 aliphatic heterocycles. The molecule has 0 aromatic heterocycles. The number of rotatable bonds is 3. The van der Waals surface area contributed by atoms with Gasteiger partial charge in [0.05, 0.1) is 12.7 Å². The van der Waals surface area contributed by atoms with Crippen LogP contribution in [0.4, 0.5) is 5.69 Å². The number of hydrogen-bond acceptors (Lipinski definition) is 3. The molecule has 0 heterocycles. The Morgan fingerprint density at radius 3 is 2.07 bits per heavy atom. The smallest absolute Gasteiger partial charge is 0.337 e. The number of methoxy groups -OCH3 is 1. The third-order valence-electron chi connectivity index (χ3n) is 6.08. The topological polar surface area (TPSA) is 55.4 Å². The lowest BCUT2D eigenvalue weighted by atomic mass is 9.63. The third-order valence-corrected chi connectivity index (χ3v) is 6.08. The van der Waals surface area contributed by atoms with Gasteiger partial charge in [-0.15, -0.1) is 0 Å². The molecule has 0 atom stereocenters. The Morgan fingerprint density at radius 1 is 0.963 bits per heavy atom. The van der Waals surface area contributed by atoms with Crippen molar-refractivity contribution in [1.82, 2.24) is 0 Å². The summed E-state index contributed by atoms with van der Waals surface area (Å²) in [5.74, 6) is -0.563. The number of hydrogen-bond donors (Lipinski definition) is 1. The average molecular weight is 363 g/mol. The van der Waals surface area contributed by atoms with Crippen molar-refractivity contribution in [2.45, 2.75) is 50.9 Å². The molecule has 0 fully saturated rings. The van der Waals surface area contributed by atoms with E-state index < -0.39 is 5.97 Å². The SMILES string of the molecule is COC(=O)c1ccc(C(=O)Nc2cc3c4c(c2)CCCC4(C)CCC3)cc1. The van der Waals surface area contributed by atoms with Crippen LogP contribution in [0.3, 0.4) is 0 Å².